The molecular formula is C17H24BrFN2. The molecule has 2 fully saturated rings. The van der Waals surface area contributed by atoms with Crippen molar-refractivity contribution in [2.24, 2.45) is 11.7 Å². The molecule has 0 spiro atoms. The molecule has 1 saturated carbocycles. The fourth-order valence-electron chi connectivity index (χ4n) is 4.26. The molecule has 1 saturated heterocycles. The number of hydrogen-bond acceptors (Lipinski definition) is 2. The molecule has 1 aromatic carbocycles. The summed E-state index contributed by atoms with van der Waals surface area (Å²) in [4.78, 5) is 2.56. The number of fused-ring (bicyclic) bond motifs is 1. The van der Waals surface area contributed by atoms with Crippen molar-refractivity contribution < 1.29 is 4.39 Å². The number of nitrogens with two attached hydrogens (primary N) is 1. The van der Waals surface area contributed by atoms with Crippen LogP contribution in [-0.2, 0) is 0 Å². The Morgan fingerprint density at radius 1 is 1.24 bits per heavy atom. The fourth-order valence-corrected chi connectivity index (χ4v) is 4.77. The summed E-state index contributed by atoms with van der Waals surface area (Å²) in [7, 11) is 0. The molecule has 4 heteroatoms. The average molecular weight is 355 g/mol. The van der Waals surface area contributed by atoms with Gasteiger partial charge < -0.3 is 5.73 Å². The zero-order valence-corrected chi connectivity index (χ0v) is 14.0. The van der Waals surface area contributed by atoms with Gasteiger partial charge in [-0.05, 0) is 61.9 Å². The van der Waals surface area contributed by atoms with Gasteiger partial charge in [-0.2, -0.15) is 0 Å². The second kappa shape index (κ2) is 6.76. The van der Waals surface area contributed by atoms with E-state index >= 15 is 0 Å². The molecule has 0 aromatic heterocycles. The highest BCUT2D eigenvalue weighted by molar-refractivity contribution is 9.10. The van der Waals surface area contributed by atoms with Gasteiger partial charge >= 0.3 is 0 Å². The zero-order chi connectivity index (χ0) is 14.8. The maximum atomic E-state index is 13.7. The minimum Gasteiger partial charge on any atom is -0.329 e. The smallest absolute Gasteiger partial charge is 0.123 e. The molecule has 2 N–H and O–H groups in total. The van der Waals surface area contributed by atoms with Crippen LogP contribution in [0.5, 0.6) is 0 Å². The van der Waals surface area contributed by atoms with E-state index in [1.165, 1.54) is 44.6 Å². The fraction of sp³-hybridized carbons (Fsp3) is 0.647. The van der Waals surface area contributed by atoms with Crippen LogP contribution >= 0.6 is 15.9 Å². The zero-order valence-electron chi connectivity index (χ0n) is 12.4. The summed E-state index contributed by atoms with van der Waals surface area (Å²) in [6.07, 6.45) is 7.90. The van der Waals surface area contributed by atoms with E-state index in [0.29, 0.717) is 12.6 Å². The van der Waals surface area contributed by atoms with Crippen LogP contribution in [0.3, 0.4) is 0 Å². The Morgan fingerprint density at radius 2 is 2.00 bits per heavy atom. The van der Waals surface area contributed by atoms with E-state index < -0.39 is 0 Å². The number of piperidine rings is 1. The second-order valence-corrected chi connectivity index (χ2v) is 7.26. The van der Waals surface area contributed by atoms with Crippen molar-refractivity contribution in [2.75, 3.05) is 13.1 Å². The van der Waals surface area contributed by atoms with Crippen LogP contribution in [0.4, 0.5) is 4.39 Å². The van der Waals surface area contributed by atoms with Gasteiger partial charge in [-0.15, -0.1) is 0 Å². The summed E-state index contributed by atoms with van der Waals surface area (Å²) in [5.74, 6) is 0.637. The molecule has 1 aromatic rings. The molecule has 116 valence electrons. The minimum absolute atomic E-state index is 0.126. The lowest BCUT2D eigenvalue weighted by atomic mass is 9.77. The van der Waals surface area contributed by atoms with Gasteiger partial charge in [0.25, 0.3) is 0 Å². The number of nitrogens with zero attached hydrogens (tertiary/aromatic N) is 1. The normalized spacial score (nSPS) is 28.1. The number of likely N-dealkylation sites (tertiary alicyclic amines) is 1. The van der Waals surface area contributed by atoms with Crippen LogP contribution in [0.25, 0.3) is 0 Å². The highest BCUT2D eigenvalue weighted by atomic mass is 79.9. The van der Waals surface area contributed by atoms with Crippen molar-refractivity contribution in [1.82, 2.24) is 4.90 Å². The second-order valence-electron chi connectivity index (χ2n) is 6.41. The van der Waals surface area contributed by atoms with E-state index in [9.17, 15) is 4.39 Å². The highest BCUT2D eigenvalue weighted by Gasteiger charge is 2.37. The number of rotatable bonds is 3. The monoisotopic (exact) mass is 354 g/mol. The predicted molar refractivity (Wildman–Crippen MR) is 87.6 cm³/mol. The Kier molecular flexibility index (Phi) is 4.97. The van der Waals surface area contributed by atoms with Crippen molar-refractivity contribution in [1.29, 1.82) is 0 Å². The highest BCUT2D eigenvalue weighted by Crippen LogP contribution is 2.40. The van der Waals surface area contributed by atoms with Crippen LogP contribution in [0.2, 0.25) is 0 Å². The molecule has 0 bridgehead atoms. The molecular weight excluding hydrogens is 331 g/mol. The first-order valence-corrected chi connectivity index (χ1v) is 8.90. The molecule has 1 aliphatic carbocycles. The lowest BCUT2D eigenvalue weighted by molar-refractivity contribution is 0.0273. The summed E-state index contributed by atoms with van der Waals surface area (Å²) in [6, 6.07) is 5.71. The third-order valence-electron chi connectivity index (χ3n) is 5.23. The first kappa shape index (κ1) is 15.4. The predicted octanol–water partition coefficient (Wildman–Crippen LogP) is 4.24. The summed E-state index contributed by atoms with van der Waals surface area (Å²) in [5.41, 5.74) is 7.09. The Bertz CT molecular complexity index is 492. The number of hydrogen-bond donors (Lipinski definition) is 1. The maximum Gasteiger partial charge on any atom is 0.123 e. The topological polar surface area (TPSA) is 29.3 Å². The molecule has 3 rings (SSSR count). The maximum absolute atomic E-state index is 13.7. The summed E-state index contributed by atoms with van der Waals surface area (Å²) in [5, 5.41) is 0. The molecule has 1 heterocycles. The number of benzene rings is 1. The summed E-state index contributed by atoms with van der Waals surface area (Å²) >= 11 is 3.58. The first-order chi connectivity index (χ1) is 10.2. The molecule has 21 heavy (non-hydrogen) atoms. The van der Waals surface area contributed by atoms with Crippen LogP contribution in [0, 0.1) is 11.7 Å². The lowest BCUT2D eigenvalue weighted by Crippen LogP contribution is -2.50. The minimum atomic E-state index is -0.177. The van der Waals surface area contributed by atoms with Crippen molar-refractivity contribution in [2.45, 2.75) is 50.6 Å². The van der Waals surface area contributed by atoms with Crippen molar-refractivity contribution in [3.05, 3.63) is 34.1 Å². The van der Waals surface area contributed by atoms with Crippen molar-refractivity contribution >= 4 is 15.9 Å². The lowest BCUT2D eigenvalue weighted by Gasteiger charge is -2.47. The van der Waals surface area contributed by atoms with Crippen molar-refractivity contribution in [3.8, 4) is 0 Å². The van der Waals surface area contributed by atoms with E-state index in [2.05, 4.69) is 20.8 Å². The van der Waals surface area contributed by atoms with Gasteiger partial charge in [0.05, 0.1) is 0 Å². The third kappa shape index (κ3) is 3.17. The molecule has 2 aliphatic rings. The first-order valence-electron chi connectivity index (χ1n) is 8.11. The van der Waals surface area contributed by atoms with Gasteiger partial charge in [-0.1, -0.05) is 28.8 Å². The molecule has 1 aliphatic heterocycles. The Balaban J connectivity index is 1.89. The SMILES string of the molecule is NCC(c1cc(F)ccc1Br)N1CCCC2CCCCC21. The van der Waals surface area contributed by atoms with Crippen LogP contribution < -0.4 is 5.73 Å². The van der Waals surface area contributed by atoms with Gasteiger partial charge in [0.1, 0.15) is 5.82 Å². The third-order valence-corrected chi connectivity index (χ3v) is 5.95. The molecule has 2 nitrogen and oxygen atoms in total. The van der Waals surface area contributed by atoms with E-state index in [4.69, 9.17) is 5.73 Å². The molecule has 0 amide bonds. The van der Waals surface area contributed by atoms with E-state index in [1.807, 2.05) is 0 Å². The van der Waals surface area contributed by atoms with Gasteiger partial charge in [0.15, 0.2) is 0 Å². The van der Waals surface area contributed by atoms with E-state index in [1.54, 1.807) is 12.1 Å². The van der Waals surface area contributed by atoms with E-state index in [0.717, 1.165) is 22.5 Å². The Morgan fingerprint density at radius 3 is 2.81 bits per heavy atom. The van der Waals surface area contributed by atoms with Gasteiger partial charge in [0, 0.05) is 23.1 Å². The molecule has 0 radical (unpaired) electrons. The van der Waals surface area contributed by atoms with Gasteiger partial charge in [-0.3, -0.25) is 4.90 Å². The largest absolute Gasteiger partial charge is 0.329 e. The number of halogens is 2. The summed E-state index contributed by atoms with van der Waals surface area (Å²) in [6.45, 7) is 1.64. The van der Waals surface area contributed by atoms with Crippen LogP contribution in [-0.4, -0.2) is 24.0 Å². The van der Waals surface area contributed by atoms with Crippen LogP contribution in [0.15, 0.2) is 22.7 Å². The Labute approximate surface area is 135 Å². The molecule has 3 unspecified atom stereocenters. The average Bonchev–Trinajstić information content (AvgIpc) is 2.51. The van der Waals surface area contributed by atoms with E-state index in [-0.39, 0.29) is 11.9 Å². The quantitative estimate of drug-likeness (QED) is 0.879. The van der Waals surface area contributed by atoms with Gasteiger partial charge in [0.2, 0.25) is 0 Å². The van der Waals surface area contributed by atoms with Gasteiger partial charge in [-0.25, -0.2) is 4.39 Å². The molecule has 3 atom stereocenters. The summed E-state index contributed by atoms with van der Waals surface area (Å²) < 4.78 is 14.6. The van der Waals surface area contributed by atoms with Crippen molar-refractivity contribution in [3.63, 3.8) is 0 Å². The Hall–Kier alpha value is -0.450. The standard InChI is InChI=1S/C17H24BrFN2/c18-15-8-7-13(19)10-14(15)17(11-20)21-9-3-5-12-4-1-2-6-16(12)21/h7-8,10,12,16-17H,1-6,9,11,20H2. The van der Waals surface area contributed by atoms with Crippen LogP contribution in [0.1, 0.15) is 50.1 Å².